The maximum atomic E-state index is 12.1. The van der Waals surface area contributed by atoms with Gasteiger partial charge in [-0.25, -0.2) is 0 Å². The molecular formula is C15H18F2O3. The van der Waals surface area contributed by atoms with Gasteiger partial charge in [-0.1, -0.05) is 12.1 Å². The highest BCUT2D eigenvalue weighted by atomic mass is 19.3. The second-order valence-corrected chi connectivity index (χ2v) is 4.43. The van der Waals surface area contributed by atoms with Crippen LogP contribution in [-0.4, -0.2) is 19.2 Å². The summed E-state index contributed by atoms with van der Waals surface area (Å²) in [6.07, 6.45) is -1.77. The Balaban J connectivity index is 2.18. The predicted octanol–water partition coefficient (Wildman–Crippen LogP) is 3.87. The van der Waals surface area contributed by atoms with Crippen molar-refractivity contribution in [3.63, 3.8) is 0 Å². The van der Waals surface area contributed by atoms with Crippen molar-refractivity contribution in [3.05, 3.63) is 41.5 Å². The van der Waals surface area contributed by atoms with Gasteiger partial charge in [0.25, 0.3) is 6.08 Å². The Labute approximate surface area is 117 Å². The third-order valence-electron chi connectivity index (χ3n) is 2.63. The molecule has 0 N–H and O–H groups in total. The summed E-state index contributed by atoms with van der Waals surface area (Å²) in [4.78, 5) is 11.3. The molecule has 0 saturated heterocycles. The highest BCUT2D eigenvalue weighted by Crippen LogP contribution is 2.13. The number of hydrogen-bond donors (Lipinski definition) is 0. The Morgan fingerprint density at radius 1 is 1.20 bits per heavy atom. The molecule has 0 aliphatic carbocycles. The van der Waals surface area contributed by atoms with E-state index in [9.17, 15) is 13.6 Å². The molecule has 20 heavy (non-hydrogen) atoms. The van der Waals surface area contributed by atoms with Crippen LogP contribution in [0.2, 0.25) is 0 Å². The number of benzene rings is 1. The molecule has 0 aliphatic rings. The summed E-state index contributed by atoms with van der Waals surface area (Å²) < 4.78 is 34.5. The number of aryl methyl sites for hydroxylation is 1. The lowest BCUT2D eigenvalue weighted by molar-refractivity contribution is -0.144. The van der Waals surface area contributed by atoms with Crippen molar-refractivity contribution in [2.75, 3.05) is 13.2 Å². The molecule has 1 aromatic carbocycles. The van der Waals surface area contributed by atoms with E-state index in [-0.39, 0.29) is 31.6 Å². The van der Waals surface area contributed by atoms with Crippen LogP contribution in [0.5, 0.6) is 5.75 Å². The molecule has 3 nitrogen and oxygen atoms in total. The number of ether oxygens (including phenoxy) is 2. The van der Waals surface area contributed by atoms with Gasteiger partial charge in [-0.15, -0.1) is 0 Å². The fraction of sp³-hybridized carbons (Fsp3) is 0.400. The van der Waals surface area contributed by atoms with E-state index >= 15 is 0 Å². The lowest BCUT2D eigenvalue weighted by atomic mass is 10.2. The molecular weight excluding hydrogens is 266 g/mol. The summed E-state index contributed by atoms with van der Waals surface area (Å²) in [6, 6.07) is 7.51. The van der Waals surface area contributed by atoms with Crippen LogP contribution >= 0.6 is 0 Å². The van der Waals surface area contributed by atoms with Crippen LogP contribution in [0, 0.1) is 6.92 Å². The molecule has 0 atom stereocenters. The van der Waals surface area contributed by atoms with Crippen molar-refractivity contribution in [2.45, 2.75) is 26.7 Å². The van der Waals surface area contributed by atoms with E-state index in [0.29, 0.717) is 5.75 Å². The van der Waals surface area contributed by atoms with Gasteiger partial charge in [0, 0.05) is 6.42 Å². The molecule has 0 spiro atoms. The first-order valence-electron chi connectivity index (χ1n) is 6.35. The van der Waals surface area contributed by atoms with Gasteiger partial charge in [0.2, 0.25) is 0 Å². The minimum atomic E-state index is -1.74. The van der Waals surface area contributed by atoms with E-state index in [2.05, 4.69) is 0 Å². The van der Waals surface area contributed by atoms with E-state index in [1.54, 1.807) is 0 Å². The highest BCUT2D eigenvalue weighted by molar-refractivity contribution is 5.69. The van der Waals surface area contributed by atoms with Gasteiger partial charge in [-0.05, 0) is 43.5 Å². The molecule has 0 radical (unpaired) electrons. The lowest BCUT2D eigenvalue weighted by Gasteiger charge is -2.08. The van der Waals surface area contributed by atoms with Crippen LogP contribution in [0.3, 0.4) is 0 Å². The Hall–Kier alpha value is -1.91. The Morgan fingerprint density at radius 2 is 1.95 bits per heavy atom. The fourth-order valence-corrected chi connectivity index (χ4v) is 1.48. The average Bonchev–Trinajstić information content (AvgIpc) is 2.41. The van der Waals surface area contributed by atoms with Crippen molar-refractivity contribution in [3.8, 4) is 5.75 Å². The third kappa shape index (κ3) is 6.31. The minimum absolute atomic E-state index is 0.0138. The van der Waals surface area contributed by atoms with Gasteiger partial charge in [-0.3, -0.25) is 4.79 Å². The monoisotopic (exact) mass is 284 g/mol. The normalized spacial score (nSPS) is 10.0. The van der Waals surface area contributed by atoms with E-state index in [1.165, 1.54) is 6.92 Å². The average molecular weight is 284 g/mol. The Bertz CT molecular complexity index is 480. The molecule has 0 unspecified atom stereocenters. The molecule has 0 aromatic heterocycles. The van der Waals surface area contributed by atoms with Gasteiger partial charge in [0.1, 0.15) is 19.0 Å². The Kier molecular flexibility index (Phi) is 6.70. The fourth-order valence-electron chi connectivity index (χ4n) is 1.48. The van der Waals surface area contributed by atoms with Crippen molar-refractivity contribution >= 4 is 5.97 Å². The third-order valence-corrected chi connectivity index (χ3v) is 2.63. The molecule has 0 aliphatic heterocycles. The molecule has 110 valence electrons. The zero-order chi connectivity index (χ0) is 15.0. The second-order valence-electron chi connectivity index (χ2n) is 4.43. The smallest absolute Gasteiger partial charge is 0.306 e. The first-order valence-corrected chi connectivity index (χ1v) is 6.35. The first kappa shape index (κ1) is 16.1. The van der Waals surface area contributed by atoms with Gasteiger partial charge < -0.3 is 9.47 Å². The van der Waals surface area contributed by atoms with Crippen molar-refractivity contribution in [1.82, 2.24) is 0 Å². The lowest BCUT2D eigenvalue weighted by Crippen LogP contribution is -2.12. The SMILES string of the molecule is CC(CCC(=O)OCCOc1cccc(C)c1)=C(F)F. The largest absolute Gasteiger partial charge is 0.490 e. The molecule has 0 fully saturated rings. The topological polar surface area (TPSA) is 35.5 Å². The number of carbonyl (C=O) groups excluding carboxylic acids is 1. The van der Waals surface area contributed by atoms with Crippen LogP contribution < -0.4 is 4.74 Å². The maximum Gasteiger partial charge on any atom is 0.306 e. The molecule has 0 bridgehead atoms. The van der Waals surface area contributed by atoms with Crippen molar-refractivity contribution < 1.29 is 23.0 Å². The summed E-state index contributed by atoms with van der Waals surface area (Å²) in [5, 5.41) is 0. The maximum absolute atomic E-state index is 12.1. The standard InChI is InChI=1S/C15H18F2O3/c1-11-4-3-5-13(10-11)19-8-9-20-14(18)7-6-12(2)15(16)17/h3-5,10H,6-9H2,1-2H3. The van der Waals surface area contributed by atoms with Crippen LogP contribution in [0.1, 0.15) is 25.3 Å². The summed E-state index contributed by atoms with van der Waals surface area (Å²) in [5.74, 6) is 0.206. The zero-order valence-electron chi connectivity index (χ0n) is 11.6. The quantitative estimate of drug-likeness (QED) is 0.563. The molecule has 1 rings (SSSR count). The van der Waals surface area contributed by atoms with E-state index in [4.69, 9.17) is 9.47 Å². The second kappa shape index (κ2) is 8.30. The first-order chi connectivity index (χ1) is 9.49. The van der Waals surface area contributed by atoms with Gasteiger partial charge in [-0.2, -0.15) is 8.78 Å². The molecule has 5 heteroatoms. The van der Waals surface area contributed by atoms with Crippen LogP contribution in [0.25, 0.3) is 0 Å². The van der Waals surface area contributed by atoms with Crippen LogP contribution in [-0.2, 0) is 9.53 Å². The van der Waals surface area contributed by atoms with Gasteiger partial charge >= 0.3 is 5.97 Å². The number of carbonyl (C=O) groups is 1. The number of allylic oxidation sites excluding steroid dienone is 1. The van der Waals surface area contributed by atoms with Gasteiger partial charge in [0.15, 0.2) is 0 Å². The summed E-state index contributed by atoms with van der Waals surface area (Å²) in [5.41, 5.74) is 0.993. The van der Waals surface area contributed by atoms with Crippen LogP contribution in [0.15, 0.2) is 35.9 Å². The predicted molar refractivity (Wildman–Crippen MR) is 71.8 cm³/mol. The van der Waals surface area contributed by atoms with Crippen molar-refractivity contribution in [1.29, 1.82) is 0 Å². The Morgan fingerprint density at radius 3 is 2.60 bits per heavy atom. The van der Waals surface area contributed by atoms with Gasteiger partial charge in [0.05, 0.1) is 0 Å². The summed E-state index contributed by atoms with van der Waals surface area (Å²) in [7, 11) is 0. The highest BCUT2D eigenvalue weighted by Gasteiger charge is 2.06. The van der Waals surface area contributed by atoms with Crippen molar-refractivity contribution in [2.24, 2.45) is 0 Å². The molecule has 0 heterocycles. The minimum Gasteiger partial charge on any atom is -0.490 e. The number of hydrogen-bond acceptors (Lipinski definition) is 3. The van der Waals surface area contributed by atoms with E-state index < -0.39 is 12.0 Å². The molecule has 1 aromatic rings. The van der Waals surface area contributed by atoms with E-state index in [1.807, 2.05) is 31.2 Å². The van der Waals surface area contributed by atoms with E-state index in [0.717, 1.165) is 5.56 Å². The van der Waals surface area contributed by atoms with Crippen LogP contribution in [0.4, 0.5) is 8.78 Å². The number of rotatable bonds is 7. The number of halogens is 2. The molecule has 0 amide bonds. The molecule has 0 saturated carbocycles. The number of esters is 1. The zero-order valence-corrected chi connectivity index (χ0v) is 11.6. The summed E-state index contributed by atoms with van der Waals surface area (Å²) >= 11 is 0. The summed E-state index contributed by atoms with van der Waals surface area (Å²) in [6.45, 7) is 3.59.